The first-order chi connectivity index (χ1) is 15.6. The van der Waals surface area contributed by atoms with Gasteiger partial charge in [0.15, 0.2) is 17.5 Å². The first-order valence-electron chi connectivity index (χ1n) is 11.3. The molecule has 1 aliphatic heterocycles. The molecular formula is C25H35IN4O3. The molecule has 0 fully saturated rings. The van der Waals surface area contributed by atoms with Crippen LogP contribution in [0.1, 0.15) is 43.7 Å². The van der Waals surface area contributed by atoms with Crippen LogP contribution in [-0.4, -0.2) is 45.2 Å². The number of methoxy groups -OCH3 is 1. The third kappa shape index (κ3) is 7.80. The van der Waals surface area contributed by atoms with Crippen molar-refractivity contribution in [1.29, 1.82) is 0 Å². The molecule has 0 saturated heterocycles. The minimum Gasteiger partial charge on any atom is -0.493 e. The number of benzene rings is 2. The lowest BCUT2D eigenvalue weighted by atomic mass is 9.91. The Bertz CT molecular complexity index is 936. The lowest BCUT2D eigenvalue weighted by molar-refractivity contribution is -0.116. The van der Waals surface area contributed by atoms with Crippen molar-refractivity contribution < 1.29 is 14.3 Å². The number of aryl methyl sites for hydroxylation is 1. The van der Waals surface area contributed by atoms with Crippen molar-refractivity contribution in [2.45, 2.75) is 39.0 Å². The number of guanidine groups is 1. The standard InChI is InChI=1S/C25H34N4O3.HI/c1-4-26-25(28-17-19-16-24(30)29-21-11-7-6-10-20(19)21)27-14-8-9-18-12-13-22(31-3)23(15-18)32-5-2;/h6-7,10-13,15,19H,4-5,8-9,14,16-17H2,1-3H3,(H,29,30)(H2,26,27,28);1H. The van der Waals surface area contributed by atoms with Crippen LogP contribution in [-0.2, 0) is 11.2 Å². The van der Waals surface area contributed by atoms with E-state index in [-0.39, 0.29) is 35.8 Å². The van der Waals surface area contributed by atoms with Crippen molar-refractivity contribution in [1.82, 2.24) is 10.6 Å². The van der Waals surface area contributed by atoms with Gasteiger partial charge in [0, 0.05) is 31.1 Å². The maximum Gasteiger partial charge on any atom is 0.225 e. The number of nitrogens with zero attached hydrogens (tertiary/aromatic N) is 1. The Morgan fingerprint density at radius 2 is 1.97 bits per heavy atom. The topological polar surface area (TPSA) is 84.0 Å². The molecule has 8 heteroatoms. The van der Waals surface area contributed by atoms with Gasteiger partial charge in [0.25, 0.3) is 0 Å². The van der Waals surface area contributed by atoms with E-state index in [4.69, 9.17) is 14.5 Å². The summed E-state index contributed by atoms with van der Waals surface area (Å²) in [5.41, 5.74) is 3.26. The van der Waals surface area contributed by atoms with Gasteiger partial charge < -0.3 is 25.4 Å². The number of hydrogen-bond donors (Lipinski definition) is 3. The first-order valence-corrected chi connectivity index (χ1v) is 11.3. The molecule has 1 heterocycles. The third-order valence-electron chi connectivity index (χ3n) is 5.38. The van der Waals surface area contributed by atoms with Gasteiger partial charge in [-0.15, -0.1) is 24.0 Å². The number of carbonyl (C=O) groups is 1. The molecule has 3 rings (SSSR count). The lowest BCUT2D eigenvalue weighted by Gasteiger charge is -2.24. The summed E-state index contributed by atoms with van der Waals surface area (Å²) in [6, 6.07) is 14.0. The van der Waals surface area contributed by atoms with Crippen LogP contribution in [0.15, 0.2) is 47.5 Å². The van der Waals surface area contributed by atoms with Gasteiger partial charge >= 0.3 is 0 Å². The summed E-state index contributed by atoms with van der Waals surface area (Å²) in [6.07, 6.45) is 2.34. The molecule has 0 radical (unpaired) electrons. The van der Waals surface area contributed by atoms with Gasteiger partial charge in [-0.25, -0.2) is 0 Å². The molecule has 0 aromatic heterocycles. The number of amides is 1. The zero-order valence-corrected chi connectivity index (χ0v) is 22.0. The maximum absolute atomic E-state index is 12.0. The molecule has 33 heavy (non-hydrogen) atoms. The van der Waals surface area contributed by atoms with Crippen LogP contribution in [0.4, 0.5) is 5.69 Å². The number of ether oxygens (including phenoxy) is 2. The molecule has 1 amide bonds. The van der Waals surface area contributed by atoms with Gasteiger partial charge in [0.2, 0.25) is 5.91 Å². The quantitative estimate of drug-likeness (QED) is 0.173. The van der Waals surface area contributed by atoms with Crippen LogP contribution in [0.5, 0.6) is 11.5 Å². The number of anilines is 1. The van der Waals surface area contributed by atoms with Crippen LogP contribution >= 0.6 is 24.0 Å². The zero-order valence-electron chi connectivity index (χ0n) is 19.6. The van der Waals surface area contributed by atoms with Crippen LogP contribution in [0.2, 0.25) is 0 Å². The third-order valence-corrected chi connectivity index (χ3v) is 5.38. The van der Waals surface area contributed by atoms with E-state index in [0.29, 0.717) is 19.6 Å². The molecular weight excluding hydrogens is 531 g/mol. The highest BCUT2D eigenvalue weighted by atomic mass is 127. The normalized spacial score (nSPS) is 15.1. The number of rotatable bonds is 10. The van der Waals surface area contributed by atoms with Crippen molar-refractivity contribution in [3.05, 3.63) is 53.6 Å². The summed E-state index contributed by atoms with van der Waals surface area (Å²) in [4.78, 5) is 16.8. The van der Waals surface area contributed by atoms with Gasteiger partial charge in [-0.3, -0.25) is 9.79 Å². The number of fused-ring (bicyclic) bond motifs is 1. The number of halogens is 1. The number of para-hydroxylation sites is 1. The minimum absolute atomic E-state index is 0. The van der Waals surface area contributed by atoms with Crippen molar-refractivity contribution in [3.63, 3.8) is 0 Å². The molecule has 0 spiro atoms. The Morgan fingerprint density at radius 3 is 2.73 bits per heavy atom. The second-order valence-electron chi connectivity index (χ2n) is 7.70. The summed E-state index contributed by atoms with van der Waals surface area (Å²) in [5.74, 6) is 2.46. The Labute approximate surface area is 213 Å². The molecule has 3 N–H and O–H groups in total. The van der Waals surface area contributed by atoms with Gasteiger partial charge in [-0.1, -0.05) is 24.3 Å². The molecule has 2 aromatic rings. The monoisotopic (exact) mass is 566 g/mol. The van der Waals surface area contributed by atoms with E-state index < -0.39 is 0 Å². The molecule has 7 nitrogen and oxygen atoms in total. The average Bonchev–Trinajstić information content (AvgIpc) is 2.80. The van der Waals surface area contributed by atoms with E-state index in [1.807, 2.05) is 44.2 Å². The van der Waals surface area contributed by atoms with Crippen molar-refractivity contribution in [2.24, 2.45) is 4.99 Å². The molecule has 0 aliphatic carbocycles. The molecule has 0 bridgehead atoms. The van der Waals surface area contributed by atoms with Gasteiger partial charge in [0.1, 0.15) is 0 Å². The van der Waals surface area contributed by atoms with E-state index >= 15 is 0 Å². The highest BCUT2D eigenvalue weighted by Gasteiger charge is 2.24. The van der Waals surface area contributed by atoms with Crippen LogP contribution in [0, 0.1) is 0 Å². The van der Waals surface area contributed by atoms with Gasteiger partial charge in [-0.05, 0) is 56.0 Å². The van der Waals surface area contributed by atoms with E-state index in [0.717, 1.165) is 54.6 Å². The number of nitrogens with one attached hydrogen (secondary N) is 3. The Morgan fingerprint density at radius 1 is 1.15 bits per heavy atom. The summed E-state index contributed by atoms with van der Waals surface area (Å²) in [5, 5.41) is 9.65. The van der Waals surface area contributed by atoms with E-state index in [2.05, 4.69) is 28.1 Å². The Kier molecular flexibility index (Phi) is 11.3. The molecule has 180 valence electrons. The molecule has 2 aromatic carbocycles. The van der Waals surface area contributed by atoms with E-state index in [1.165, 1.54) is 5.56 Å². The van der Waals surface area contributed by atoms with Crippen LogP contribution < -0.4 is 25.4 Å². The Hall–Kier alpha value is -2.49. The largest absolute Gasteiger partial charge is 0.493 e. The molecule has 0 saturated carbocycles. The predicted octanol–water partition coefficient (Wildman–Crippen LogP) is 4.33. The molecule has 1 unspecified atom stereocenters. The van der Waals surface area contributed by atoms with Crippen LogP contribution in [0.25, 0.3) is 0 Å². The van der Waals surface area contributed by atoms with Crippen molar-refractivity contribution >= 4 is 41.5 Å². The number of hydrogen-bond acceptors (Lipinski definition) is 4. The highest BCUT2D eigenvalue weighted by Crippen LogP contribution is 2.32. The molecule has 1 aliphatic rings. The lowest BCUT2D eigenvalue weighted by Crippen LogP contribution is -2.38. The number of carbonyl (C=O) groups excluding carboxylic acids is 1. The smallest absolute Gasteiger partial charge is 0.225 e. The maximum atomic E-state index is 12.0. The van der Waals surface area contributed by atoms with Gasteiger partial charge in [-0.2, -0.15) is 0 Å². The second kappa shape index (κ2) is 13.9. The second-order valence-corrected chi connectivity index (χ2v) is 7.70. The van der Waals surface area contributed by atoms with Crippen molar-refractivity contribution in [3.8, 4) is 11.5 Å². The summed E-state index contributed by atoms with van der Waals surface area (Å²) in [7, 11) is 1.65. The highest BCUT2D eigenvalue weighted by molar-refractivity contribution is 14.0. The zero-order chi connectivity index (χ0) is 22.8. The average molecular weight is 566 g/mol. The fourth-order valence-corrected chi connectivity index (χ4v) is 3.85. The van der Waals surface area contributed by atoms with E-state index in [9.17, 15) is 4.79 Å². The molecule has 1 atom stereocenters. The summed E-state index contributed by atoms with van der Waals surface area (Å²) >= 11 is 0. The first kappa shape index (κ1) is 26.8. The fraction of sp³-hybridized carbons (Fsp3) is 0.440. The fourth-order valence-electron chi connectivity index (χ4n) is 3.85. The number of aliphatic imine (C=N–C) groups is 1. The summed E-state index contributed by atoms with van der Waals surface area (Å²) < 4.78 is 11.0. The summed E-state index contributed by atoms with van der Waals surface area (Å²) in [6.45, 7) is 6.77. The SMILES string of the molecule is CCNC(=NCC1CC(=O)Nc2ccccc21)NCCCc1ccc(OC)c(OCC)c1.I. The van der Waals surface area contributed by atoms with E-state index in [1.54, 1.807) is 7.11 Å². The Balaban J connectivity index is 0.00000385. The van der Waals surface area contributed by atoms with Crippen LogP contribution in [0.3, 0.4) is 0 Å². The van der Waals surface area contributed by atoms with Crippen molar-refractivity contribution in [2.75, 3.05) is 38.7 Å². The minimum atomic E-state index is 0. The predicted molar refractivity (Wildman–Crippen MR) is 144 cm³/mol. The van der Waals surface area contributed by atoms with Gasteiger partial charge in [0.05, 0.1) is 20.3 Å².